The summed E-state index contributed by atoms with van der Waals surface area (Å²) in [6.45, 7) is 4.43. The van der Waals surface area contributed by atoms with E-state index in [0.717, 1.165) is 19.1 Å². The van der Waals surface area contributed by atoms with Crippen LogP contribution in [0.1, 0.15) is 69.4 Å². The fourth-order valence-corrected chi connectivity index (χ4v) is 2.44. The maximum absolute atomic E-state index is 10.6. The summed E-state index contributed by atoms with van der Waals surface area (Å²) >= 11 is 0. The number of aldehydes is 1. The zero-order valence-corrected chi connectivity index (χ0v) is 11.8. The Kier molecular flexibility index (Phi) is 7.40. The zero-order chi connectivity index (χ0) is 13.2. The van der Waals surface area contributed by atoms with Gasteiger partial charge in [0.1, 0.15) is 6.29 Å². The van der Waals surface area contributed by atoms with Crippen LogP contribution in [0.5, 0.6) is 0 Å². The molecule has 0 spiro atoms. The number of unbranched alkanes of at least 4 members (excludes halogenated alkanes) is 1. The van der Waals surface area contributed by atoms with Gasteiger partial charge in [-0.3, -0.25) is 0 Å². The summed E-state index contributed by atoms with van der Waals surface area (Å²) in [6.07, 6.45) is 8.77. The third-order valence-corrected chi connectivity index (χ3v) is 3.53. The smallest absolute Gasteiger partial charge is 0.120 e. The van der Waals surface area contributed by atoms with Gasteiger partial charge >= 0.3 is 0 Å². The molecule has 1 aromatic carbocycles. The fraction of sp³-hybridized carbons (Fsp3) is 0.588. The van der Waals surface area contributed by atoms with Crippen molar-refractivity contribution in [1.29, 1.82) is 0 Å². The molecule has 1 nitrogen and oxygen atoms in total. The Balaban J connectivity index is 2.67. The highest BCUT2D eigenvalue weighted by Gasteiger charge is 2.10. The van der Waals surface area contributed by atoms with Crippen LogP contribution in [-0.4, -0.2) is 6.29 Å². The molecule has 0 N–H and O–H groups in total. The lowest BCUT2D eigenvalue weighted by molar-refractivity contribution is -0.108. The van der Waals surface area contributed by atoms with Gasteiger partial charge in [0.05, 0.1) is 0 Å². The van der Waals surface area contributed by atoms with Gasteiger partial charge in [-0.15, -0.1) is 0 Å². The van der Waals surface area contributed by atoms with E-state index in [4.69, 9.17) is 0 Å². The van der Waals surface area contributed by atoms with E-state index in [2.05, 4.69) is 38.1 Å². The molecular formula is C17H26O. The molecule has 18 heavy (non-hydrogen) atoms. The summed E-state index contributed by atoms with van der Waals surface area (Å²) in [4.78, 5) is 10.6. The highest BCUT2D eigenvalue weighted by molar-refractivity contribution is 5.49. The van der Waals surface area contributed by atoms with Gasteiger partial charge in [0.2, 0.25) is 0 Å². The van der Waals surface area contributed by atoms with Crippen molar-refractivity contribution in [2.24, 2.45) is 0 Å². The minimum Gasteiger partial charge on any atom is -0.303 e. The molecule has 0 saturated heterocycles. The van der Waals surface area contributed by atoms with Crippen molar-refractivity contribution in [2.45, 2.75) is 64.7 Å². The molecule has 0 radical (unpaired) electrons. The second kappa shape index (κ2) is 8.91. The van der Waals surface area contributed by atoms with E-state index in [1.807, 2.05) is 0 Å². The maximum Gasteiger partial charge on any atom is 0.120 e. The first kappa shape index (κ1) is 14.9. The minimum absolute atomic E-state index is 0.561. The Morgan fingerprint density at radius 1 is 1.06 bits per heavy atom. The van der Waals surface area contributed by atoms with E-state index >= 15 is 0 Å². The van der Waals surface area contributed by atoms with Crippen molar-refractivity contribution in [3.8, 4) is 0 Å². The van der Waals surface area contributed by atoms with E-state index in [1.165, 1.54) is 36.8 Å². The predicted octanol–water partition coefficient (Wildman–Crippen LogP) is 4.89. The van der Waals surface area contributed by atoms with Gasteiger partial charge in [0.15, 0.2) is 0 Å². The highest BCUT2D eigenvalue weighted by Crippen LogP contribution is 2.27. The van der Waals surface area contributed by atoms with Crippen LogP contribution in [0.2, 0.25) is 0 Å². The molecule has 1 aromatic rings. The Morgan fingerprint density at radius 2 is 1.78 bits per heavy atom. The first-order valence-electron chi connectivity index (χ1n) is 7.34. The van der Waals surface area contributed by atoms with Crippen LogP contribution in [0, 0.1) is 0 Å². The van der Waals surface area contributed by atoms with Crippen LogP contribution >= 0.6 is 0 Å². The predicted molar refractivity (Wildman–Crippen MR) is 78.0 cm³/mol. The Bertz CT molecular complexity index is 326. The molecule has 0 aliphatic rings. The number of carbonyl (C=O) groups excluding carboxylic acids is 1. The molecule has 0 bridgehead atoms. The number of hydrogen-bond acceptors (Lipinski definition) is 1. The van der Waals surface area contributed by atoms with Crippen LogP contribution in [0.3, 0.4) is 0 Å². The standard InChI is InChI=1S/C17H26O/c1-3-5-8-16(9-6-14-18)17-12-10-15(7-4-2)11-13-17/h10-14,16H,3-9H2,1-2H3. The normalized spacial score (nSPS) is 12.3. The molecule has 0 heterocycles. The Labute approximate surface area is 112 Å². The zero-order valence-electron chi connectivity index (χ0n) is 11.8. The van der Waals surface area contributed by atoms with Crippen molar-refractivity contribution >= 4 is 6.29 Å². The molecule has 0 fully saturated rings. The molecule has 0 amide bonds. The Morgan fingerprint density at radius 3 is 2.33 bits per heavy atom. The molecule has 1 rings (SSSR count). The van der Waals surface area contributed by atoms with Crippen molar-refractivity contribution < 1.29 is 4.79 Å². The highest BCUT2D eigenvalue weighted by atomic mass is 16.1. The summed E-state index contributed by atoms with van der Waals surface area (Å²) in [5.74, 6) is 0.561. The van der Waals surface area contributed by atoms with Crippen LogP contribution in [0.4, 0.5) is 0 Å². The lowest BCUT2D eigenvalue weighted by Crippen LogP contribution is -2.00. The lowest BCUT2D eigenvalue weighted by Gasteiger charge is -2.16. The van der Waals surface area contributed by atoms with Crippen molar-refractivity contribution in [1.82, 2.24) is 0 Å². The van der Waals surface area contributed by atoms with Gasteiger partial charge in [0.25, 0.3) is 0 Å². The van der Waals surface area contributed by atoms with Crippen LogP contribution in [-0.2, 0) is 11.2 Å². The molecule has 1 atom stereocenters. The lowest BCUT2D eigenvalue weighted by atomic mass is 9.89. The van der Waals surface area contributed by atoms with Crippen molar-refractivity contribution in [3.05, 3.63) is 35.4 Å². The average Bonchev–Trinajstić information content (AvgIpc) is 2.41. The second-order valence-electron chi connectivity index (χ2n) is 5.07. The van der Waals surface area contributed by atoms with Gasteiger partial charge in [-0.05, 0) is 36.3 Å². The van der Waals surface area contributed by atoms with Crippen molar-refractivity contribution in [2.75, 3.05) is 0 Å². The first-order chi connectivity index (χ1) is 8.81. The number of rotatable bonds is 9. The third kappa shape index (κ3) is 5.03. The molecule has 1 unspecified atom stereocenters. The van der Waals surface area contributed by atoms with E-state index in [0.29, 0.717) is 12.3 Å². The average molecular weight is 246 g/mol. The number of aryl methyl sites for hydroxylation is 1. The molecule has 0 aliphatic carbocycles. The number of benzene rings is 1. The van der Waals surface area contributed by atoms with E-state index in [-0.39, 0.29) is 0 Å². The fourth-order valence-electron chi connectivity index (χ4n) is 2.44. The summed E-state index contributed by atoms with van der Waals surface area (Å²) in [6, 6.07) is 9.02. The number of hydrogen-bond donors (Lipinski definition) is 0. The largest absolute Gasteiger partial charge is 0.303 e. The SMILES string of the molecule is CCCCC(CCC=O)c1ccc(CCC)cc1. The minimum atomic E-state index is 0.561. The van der Waals surface area contributed by atoms with Crippen LogP contribution in [0.25, 0.3) is 0 Å². The molecule has 1 heteroatoms. The molecule has 0 saturated carbocycles. The van der Waals surface area contributed by atoms with Gasteiger partial charge < -0.3 is 4.79 Å². The van der Waals surface area contributed by atoms with Gasteiger partial charge in [0, 0.05) is 6.42 Å². The molecular weight excluding hydrogens is 220 g/mol. The maximum atomic E-state index is 10.6. The summed E-state index contributed by atoms with van der Waals surface area (Å²) in [5.41, 5.74) is 2.83. The quantitative estimate of drug-likeness (QED) is 0.567. The van der Waals surface area contributed by atoms with E-state index in [1.54, 1.807) is 0 Å². The van der Waals surface area contributed by atoms with E-state index < -0.39 is 0 Å². The van der Waals surface area contributed by atoms with Crippen LogP contribution < -0.4 is 0 Å². The molecule has 0 aromatic heterocycles. The topological polar surface area (TPSA) is 17.1 Å². The summed E-state index contributed by atoms with van der Waals surface area (Å²) in [5, 5.41) is 0. The summed E-state index contributed by atoms with van der Waals surface area (Å²) < 4.78 is 0. The first-order valence-corrected chi connectivity index (χ1v) is 7.34. The third-order valence-electron chi connectivity index (χ3n) is 3.53. The van der Waals surface area contributed by atoms with Crippen LogP contribution in [0.15, 0.2) is 24.3 Å². The van der Waals surface area contributed by atoms with Gasteiger partial charge in [-0.25, -0.2) is 0 Å². The van der Waals surface area contributed by atoms with E-state index in [9.17, 15) is 4.79 Å². The van der Waals surface area contributed by atoms with Crippen molar-refractivity contribution in [3.63, 3.8) is 0 Å². The summed E-state index contributed by atoms with van der Waals surface area (Å²) in [7, 11) is 0. The molecule has 0 aliphatic heterocycles. The molecule has 100 valence electrons. The van der Waals surface area contributed by atoms with Gasteiger partial charge in [-0.1, -0.05) is 57.4 Å². The number of carbonyl (C=O) groups is 1. The second-order valence-corrected chi connectivity index (χ2v) is 5.07. The Hall–Kier alpha value is -1.11. The van der Waals surface area contributed by atoms with Gasteiger partial charge in [-0.2, -0.15) is 0 Å². The monoisotopic (exact) mass is 246 g/mol.